The van der Waals surface area contributed by atoms with Crippen molar-refractivity contribution in [3.05, 3.63) is 63.4 Å². The molecule has 0 saturated heterocycles. The molecule has 0 amide bonds. The Bertz CT molecular complexity index is 615. The highest BCUT2D eigenvalue weighted by atomic mass is 79.9. The Hall–Kier alpha value is -1.39. The van der Waals surface area contributed by atoms with Gasteiger partial charge in [0, 0.05) is 4.47 Å². The topological polar surface area (TPSA) is 21.3 Å². The highest BCUT2D eigenvalue weighted by Crippen LogP contribution is 2.32. The van der Waals surface area contributed by atoms with Crippen LogP contribution in [0.25, 0.3) is 0 Å². The van der Waals surface area contributed by atoms with Crippen LogP contribution in [0.2, 0.25) is 0 Å². The summed E-state index contributed by atoms with van der Waals surface area (Å²) in [5.41, 5.74) is 3.02. The largest absolute Gasteiger partial charge is 0.497 e. The normalized spacial score (nSPS) is 12.2. The van der Waals surface area contributed by atoms with Crippen molar-refractivity contribution in [2.75, 3.05) is 14.2 Å². The molecule has 0 aromatic heterocycles. The molecule has 1 N–H and O–H groups in total. The summed E-state index contributed by atoms with van der Waals surface area (Å²) in [4.78, 5) is 0. The lowest BCUT2D eigenvalue weighted by atomic mass is 9.95. The van der Waals surface area contributed by atoms with Crippen LogP contribution in [0.5, 0.6) is 5.75 Å². The zero-order chi connectivity index (χ0) is 14.7. The van der Waals surface area contributed by atoms with Gasteiger partial charge in [-0.1, -0.05) is 28.1 Å². The van der Waals surface area contributed by atoms with Gasteiger partial charge in [0.05, 0.1) is 13.2 Å². The molecular formula is C16H17BrFNO. The van der Waals surface area contributed by atoms with Crippen LogP contribution in [-0.4, -0.2) is 14.2 Å². The summed E-state index contributed by atoms with van der Waals surface area (Å²) in [7, 11) is 3.50. The molecule has 0 aliphatic heterocycles. The SMILES string of the molecule is CNC(c1cc(F)ccc1C)c1ccc(OC)cc1Br. The molecule has 2 aromatic carbocycles. The van der Waals surface area contributed by atoms with Crippen molar-refractivity contribution in [1.29, 1.82) is 0 Å². The molecule has 0 saturated carbocycles. The lowest BCUT2D eigenvalue weighted by Gasteiger charge is -2.21. The lowest BCUT2D eigenvalue weighted by molar-refractivity contribution is 0.414. The van der Waals surface area contributed by atoms with E-state index in [1.54, 1.807) is 19.2 Å². The van der Waals surface area contributed by atoms with Crippen LogP contribution in [0.3, 0.4) is 0 Å². The minimum Gasteiger partial charge on any atom is -0.497 e. The minimum absolute atomic E-state index is 0.0778. The Labute approximate surface area is 127 Å². The average Bonchev–Trinajstić information content (AvgIpc) is 2.44. The summed E-state index contributed by atoms with van der Waals surface area (Å²) in [5, 5.41) is 3.24. The number of benzene rings is 2. The molecule has 0 aliphatic rings. The fourth-order valence-corrected chi connectivity index (χ4v) is 2.86. The summed E-state index contributed by atoms with van der Waals surface area (Å²) in [6.07, 6.45) is 0. The Morgan fingerprint density at radius 1 is 1.15 bits per heavy atom. The molecule has 1 atom stereocenters. The predicted octanol–water partition coefficient (Wildman–Crippen LogP) is 4.21. The molecule has 2 nitrogen and oxygen atoms in total. The Morgan fingerprint density at radius 3 is 2.50 bits per heavy atom. The first-order valence-corrected chi connectivity index (χ1v) is 7.13. The van der Waals surface area contributed by atoms with Gasteiger partial charge in [-0.05, 0) is 54.9 Å². The molecule has 0 heterocycles. The molecule has 0 fully saturated rings. The van der Waals surface area contributed by atoms with Crippen LogP contribution in [0, 0.1) is 12.7 Å². The van der Waals surface area contributed by atoms with Gasteiger partial charge >= 0.3 is 0 Å². The van der Waals surface area contributed by atoms with Gasteiger partial charge in [0.1, 0.15) is 11.6 Å². The Balaban J connectivity index is 2.49. The first-order chi connectivity index (χ1) is 9.56. The first-order valence-electron chi connectivity index (χ1n) is 6.33. The quantitative estimate of drug-likeness (QED) is 0.902. The fraction of sp³-hybridized carbons (Fsp3) is 0.250. The van der Waals surface area contributed by atoms with Crippen LogP contribution in [0.1, 0.15) is 22.7 Å². The van der Waals surface area contributed by atoms with Gasteiger partial charge in [0.15, 0.2) is 0 Å². The summed E-state index contributed by atoms with van der Waals surface area (Å²) < 4.78 is 19.7. The van der Waals surface area contributed by atoms with Gasteiger partial charge in [-0.15, -0.1) is 0 Å². The second-order valence-corrected chi connectivity index (χ2v) is 5.46. The molecule has 0 bridgehead atoms. The van der Waals surface area contributed by atoms with Crippen molar-refractivity contribution in [2.24, 2.45) is 0 Å². The second-order valence-electron chi connectivity index (χ2n) is 4.61. The van der Waals surface area contributed by atoms with Crippen molar-refractivity contribution >= 4 is 15.9 Å². The molecule has 2 rings (SSSR count). The van der Waals surface area contributed by atoms with Crippen LogP contribution in [0.15, 0.2) is 40.9 Å². The third kappa shape index (κ3) is 3.02. The maximum absolute atomic E-state index is 13.5. The van der Waals surface area contributed by atoms with Crippen LogP contribution < -0.4 is 10.1 Å². The van der Waals surface area contributed by atoms with Crippen LogP contribution in [0.4, 0.5) is 4.39 Å². The summed E-state index contributed by atoms with van der Waals surface area (Å²) in [6.45, 7) is 1.98. The number of hydrogen-bond acceptors (Lipinski definition) is 2. The van der Waals surface area contributed by atoms with Gasteiger partial charge in [-0.25, -0.2) is 4.39 Å². The monoisotopic (exact) mass is 337 g/mol. The number of hydrogen-bond donors (Lipinski definition) is 1. The molecule has 0 aliphatic carbocycles. The van der Waals surface area contributed by atoms with Gasteiger partial charge in [0.2, 0.25) is 0 Å². The van der Waals surface area contributed by atoms with E-state index < -0.39 is 0 Å². The molecule has 2 aromatic rings. The standard InChI is InChI=1S/C16H17BrFNO/c1-10-4-5-11(18)8-14(10)16(19-2)13-7-6-12(20-3)9-15(13)17/h4-9,16,19H,1-3H3. The lowest BCUT2D eigenvalue weighted by Crippen LogP contribution is -2.19. The van der Waals surface area contributed by atoms with E-state index in [0.29, 0.717) is 0 Å². The van der Waals surface area contributed by atoms with E-state index in [9.17, 15) is 4.39 Å². The summed E-state index contributed by atoms with van der Waals surface area (Å²) >= 11 is 3.56. The molecule has 20 heavy (non-hydrogen) atoms. The van der Waals surface area contributed by atoms with E-state index in [2.05, 4.69) is 21.2 Å². The Morgan fingerprint density at radius 2 is 1.90 bits per heavy atom. The minimum atomic E-state index is -0.226. The highest BCUT2D eigenvalue weighted by Gasteiger charge is 2.18. The van der Waals surface area contributed by atoms with E-state index in [0.717, 1.165) is 26.9 Å². The van der Waals surface area contributed by atoms with E-state index in [1.807, 2.05) is 32.2 Å². The van der Waals surface area contributed by atoms with E-state index in [1.165, 1.54) is 6.07 Å². The fourth-order valence-electron chi connectivity index (χ4n) is 2.27. The second kappa shape index (κ2) is 6.37. The van der Waals surface area contributed by atoms with Crippen molar-refractivity contribution in [3.8, 4) is 5.75 Å². The van der Waals surface area contributed by atoms with E-state index in [-0.39, 0.29) is 11.9 Å². The molecule has 106 valence electrons. The van der Waals surface area contributed by atoms with Crippen molar-refractivity contribution in [3.63, 3.8) is 0 Å². The number of nitrogens with one attached hydrogen (secondary N) is 1. The molecule has 1 unspecified atom stereocenters. The zero-order valence-electron chi connectivity index (χ0n) is 11.7. The number of ether oxygens (including phenoxy) is 1. The highest BCUT2D eigenvalue weighted by molar-refractivity contribution is 9.10. The van der Waals surface area contributed by atoms with Gasteiger partial charge in [-0.3, -0.25) is 0 Å². The summed E-state index contributed by atoms with van der Waals surface area (Å²) in [5.74, 6) is 0.557. The predicted molar refractivity (Wildman–Crippen MR) is 82.7 cm³/mol. The zero-order valence-corrected chi connectivity index (χ0v) is 13.3. The van der Waals surface area contributed by atoms with Crippen molar-refractivity contribution in [2.45, 2.75) is 13.0 Å². The summed E-state index contributed by atoms with van der Waals surface area (Å²) in [6, 6.07) is 10.6. The molecule has 0 spiro atoms. The van der Waals surface area contributed by atoms with E-state index >= 15 is 0 Å². The first kappa shape index (κ1) is 15.0. The maximum Gasteiger partial charge on any atom is 0.123 e. The number of methoxy groups -OCH3 is 1. The molecule has 0 radical (unpaired) electrons. The van der Waals surface area contributed by atoms with Crippen LogP contribution >= 0.6 is 15.9 Å². The van der Waals surface area contributed by atoms with Gasteiger partial charge < -0.3 is 10.1 Å². The number of rotatable bonds is 4. The Kier molecular flexibility index (Phi) is 4.78. The average molecular weight is 338 g/mol. The van der Waals surface area contributed by atoms with E-state index in [4.69, 9.17) is 4.74 Å². The third-order valence-corrected chi connectivity index (χ3v) is 4.05. The van der Waals surface area contributed by atoms with Crippen molar-refractivity contribution < 1.29 is 9.13 Å². The van der Waals surface area contributed by atoms with Crippen LogP contribution in [-0.2, 0) is 0 Å². The van der Waals surface area contributed by atoms with Crippen molar-refractivity contribution in [1.82, 2.24) is 5.32 Å². The number of halogens is 2. The van der Waals surface area contributed by atoms with Gasteiger partial charge in [-0.2, -0.15) is 0 Å². The number of aryl methyl sites for hydroxylation is 1. The van der Waals surface area contributed by atoms with Gasteiger partial charge in [0.25, 0.3) is 0 Å². The molecular weight excluding hydrogens is 321 g/mol. The third-order valence-electron chi connectivity index (χ3n) is 3.36. The maximum atomic E-state index is 13.5. The smallest absolute Gasteiger partial charge is 0.123 e. The molecule has 4 heteroatoms.